The number of halogens is 1. The molecule has 1 aliphatic rings. The van der Waals surface area contributed by atoms with Crippen LogP contribution in [0.25, 0.3) is 0 Å². The molecule has 2 rings (SSSR count). The zero-order valence-corrected chi connectivity index (χ0v) is 11.1. The quantitative estimate of drug-likeness (QED) is 0.817. The van der Waals surface area contributed by atoms with E-state index in [1.165, 1.54) is 5.56 Å². The molecule has 2 atom stereocenters. The van der Waals surface area contributed by atoms with Crippen molar-refractivity contribution >= 4 is 21.8 Å². The Kier molecular flexibility index (Phi) is 4.18. The predicted molar refractivity (Wildman–Crippen MR) is 69.7 cm³/mol. The smallest absolute Gasteiger partial charge is 0.223 e. The number of hydrogen-bond acceptors (Lipinski definition) is 2. The number of carbonyl (C=O) groups is 1. The van der Waals surface area contributed by atoms with E-state index in [4.69, 9.17) is 5.11 Å². The van der Waals surface area contributed by atoms with Crippen LogP contribution in [0.4, 0.5) is 0 Å². The molecule has 0 bridgehead atoms. The van der Waals surface area contributed by atoms with Crippen molar-refractivity contribution in [3.05, 3.63) is 34.3 Å². The zero-order chi connectivity index (χ0) is 12.3. The van der Waals surface area contributed by atoms with Crippen molar-refractivity contribution in [1.82, 2.24) is 5.32 Å². The van der Waals surface area contributed by atoms with Crippen LogP contribution in [0.15, 0.2) is 28.7 Å². The normalized spacial score (nSPS) is 22.2. The third-order valence-electron chi connectivity index (χ3n) is 3.06. The van der Waals surface area contributed by atoms with Gasteiger partial charge in [0.25, 0.3) is 0 Å². The largest absolute Gasteiger partial charge is 0.396 e. The SMILES string of the molecule is O=C(NCCCO)C1CC1c1ccc(Br)cc1. The summed E-state index contributed by atoms with van der Waals surface area (Å²) in [6, 6.07) is 8.15. The minimum atomic E-state index is 0.117. The van der Waals surface area contributed by atoms with Gasteiger partial charge in [-0.15, -0.1) is 0 Å². The minimum Gasteiger partial charge on any atom is -0.396 e. The lowest BCUT2D eigenvalue weighted by Gasteiger charge is -2.03. The van der Waals surface area contributed by atoms with Gasteiger partial charge < -0.3 is 10.4 Å². The van der Waals surface area contributed by atoms with E-state index in [2.05, 4.69) is 33.4 Å². The fourth-order valence-corrected chi connectivity index (χ4v) is 2.25. The molecule has 0 heterocycles. The van der Waals surface area contributed by atoms with Crippen molar-refractivity contribution in [3.63, 3.8) is 0 Å². The van der Waals surface area contributed by atoms with Crippen LogP contribution in [0.2, 0.25) is 0 Å². The van der Waals surface area contributed by atoms with Gasteiger partial charge in [-0.05, 0) is 36.5 Å². The molecular formula is C13H16BrNO2. The summed E-state index contributed by atoms with van der Waals surface area (Å²) in [5.74, 6) is 0.610. The van der Waals surface area contributed by atoms with Crippen molar-refractivity contribution in [1.29, 1.82) is 0 Å². The van der Waals surface area contributed by atoms with Crippen LogP contribution in [0.5, 0.6) is 0 Å². The first-order chi connectivity index (χ1) is 8.22. The molecule has 0 aromatic heterocycles. The maximum absolute atomic E-state index is 11.7. The lowest BCUT2D eigenvalue weighted by Crippen LogP contribution is -2.26. The minimum absolute atomic E-state index is 0.117. The molecule has 17 heavy (non-hydrogen) atoms. The van der Waals surface area contributed by atoms with E-state index in [1.54, 1.807) is 0 Å². The highest BCUT2D eigenvalue weighted by Crippen LogP contribution is 2.47. The van der Waals surface area contributed by atoms with Gasteiger partial charge in [0, 0.05) is 23.5 Å². The molecule has 4 heteroatoms. The number of aliphatic hydroxyl groups is 1. The Labute approximate surface area is 109 Å². The summed E-state index contributed by atoms with van der Waals surface area (Å²) < 4.78 is 1.06. The third kappa shape index (κ3) is 3.30. The van der Waals surface area contributed by atoms with Crippen LogP contribution in [0.1, 0.15) is 24.3 Å². The average molecular weight is 298 g/mol. The third-order valence-corrected chi connectivity index (χ3v) is 3.59. The summed E-state index contributed by atoms with van der Waals surface area (Å²) in [4.78, 5) is 11.7. The standard InChI is InChI=1S/C13H16BrNO2/c14-10-4-2-9(3-5-10)11-8-12(11)13(17)15-6-1-7-16/h2-5,11-12,16H,1,6-8H2,(H,15,17). The van der Waals surface area contributed by atoms with Crippen molar-refractivity contribution in [2.75, 3.05) is 13.2 Å². The second-order valence-electron chi connectivity index (χ2n) is 4.37. The number of rotatable bonds is 5. The Morgan fingerprint density at radius 3 is 2.76 bits per heavy atom. The fourth-order valence-electron chi connectivity index (χ4n) is 1.98. The van der Waals surface area contributed by atoms with Crippen LogP contribution in [-0.2, 0) is 4.79 Å². The molecule has 1 amide bonds. The number of benzene rings is 1. The molecule has 0 aliphatic heterocycles. The zero-order valence-electron chi connectivity index (χ0n) is 9.53. The van der Waals surface area contributed by atoms with Crippen LogP contribution in [0, 0.1) is 5.92 Å². The Bertz CT molecular complexity index is 391. The molecule has 1 fully saturated rings. The van der Waals surface area contributed by atoms with Gasteiger partial charge in [-0.1, -0.05) is 28.1 Å². The van der Waals surface area contributed by atoms with Gasteiger partial charge in [-0.3, -0.25) is 4.79 Å². The summed E-state index contributed by atoms with van der Waals surface area (Å²) >= 11 is 3.40. The number of aliphatic hydroxyl groups excluding tert-OH is 1. The van der Waals surface area contributed by atoms with Crippen LogP contribution in [-0.4, -0.2) is 24.2 Å². The molecule has 0 spiro atoms. The van der Waals surface area contributed by atoms with E-state index in [9.17, 15) is 4.79 Å². The van der Waals surface area contributed by atoms with Gasteiger partial charge in [-0.2, -0.15) is 0 Å². The van der Waals surface area contributed by atoms with E-state index in [1.807, 2.05) is 12.1 Å². The van der Waals surface area contributed by atoms with Gasteiger partial charge in [-0.25, -0.2) is 0 Å². The van der Waals surface area contributed by atoms with Gasteiger partial charge in [0.05, 0.1) is 0 Å². The number of hydrogen-bond donors (Lipinski definition) is 2. The summed E-state index contributed by atoms with van der Waals surface area (Å²) in [7, 11) is 0. The van der Waals surface area contributed by atoms with Gasteiger partial charge in [0.1, 0.15) is 0 Å². The van der Waals surface area contributed by atoms with E-state index in [0.29, 0.717) is 18.9 Å². The number of carbonyl (C=O) groups excluding carboxylic acids is 1. The van der Waals surface area contributed by atoms with Crippen molar-refractivity contribution in [2.45, 2.75) is 18.8 Å². The van der Waals surface area contributed by atoms with Crippen molar-refractivity contribution in [2.24, 2.45) is 5.92 Å². The summed E-state index contributed by atoms with van der Waals surface area (Å²) in [5, 5.41) is 11.5. The molecule has 3 nitrogen and oxygen atoms in total. The van der Waals surface area contributed by atoms with E-state index >= 15 is 0 Å². The molecule has 1 saturated carbocycles. The molecule has 2 unspecified atom stereocenters. The van der Waals surface area contributed by atoms with E-state index in [0.717, 1.165) is 10.9 Å². The topological polar surface area (TPSA) is 49.3 Å². The molecule has 0 saturated heterocycles. The second kappa shape index (κ2) is 5.65. The lowest BCUT2D eigenvalue weighted by molar-refractivity contribution is -0.122. The van der Waals surface area contributed by atoms with Crippen LogP contribution < -0.4 is 5.32 Å². The highest BCUT2D eigenvalue weighted by Gasteiger charge is 2.43. The van der Waals surface area contributed by atoms with Gasteiger partial charge in [0.15, 0.2) is 0 Å². The summed E-state index contributed by atoms with van der Waals surface area (Å²) in [5.41, 5.74) is 1.23. The average Bonchev–Trinajstić information content (AvgIpc) is 3.10. The molecule has 2 N–H and O–H groups in total. The maximum atomic E-state index is 11.7. The highest BCUT2D eigenvalue weighted by molar-refractivity contribution is 9.10. The molecule has 1 aliphatic carbocycles. The predicted octanol–water partition coefficient (Wildman–Crippen LogP) is 2.05. The summed E-state index contributed by atoms with van der Waals surface area (Å²) in [6.07, 6.45) is 1.56. The van der Waals surface area contributed by atoms with E-state index < -0.39 is 0 Å². The summed E-state index contributed by atoms with van der Waals surface area (Å²) in [6.45, 7) is 0.694. The van der Waals surface area contributed by atoms with Crippen molar-refractivity contribution in [3.8, 4) is 0 Å². The molecular weight excluding hydrogens is 282 g/mol. The first-order valence-corrected chi connectivity index (χ1v) is 6.65. The first-order valence-electron chi connectivity index (χ1n) is 5.86. The maximum Gasteiger partial charge on any atom is 0.223 e. The molecule has 92 valence electrons. The number of nitrogens with one attached hydrogen (secondary N) is 1. The molecule has 1 aromatic carbocycles. The molecule has 0 radical (unpaired) electrons. The first kappa shape index (κ1) is 12.6. The number of amides is 1. The highest BCUT2D eigenvalue weighted by atomic mass is 79.9. The molecule has 1 aromatic rings. The second-order valence-corrected chi connectivity index (χ2v) is 5.28. The Morgan fingerprint density at radius 1 is 1.41 bits per heavy atom. The lowest BCUT2D eigenvalue weighted by atomic mass is 10.1. The van der Waals surface area contributed by atoms with Crippen molar-refractivity contribution < 1.29 is 9.90 Å². The van der Waals surface area contributed by atoms with E-state index in [-0.39, 0.29) is 18.4 Å². The Morgan fingerprint density at radius 2 is 2.12 bits per heavy atom. The van der Waals surface area contributed by atoms with Crippen LogP contribution >= 0.6 is 15.9 Å². The van der Waals surface area contributed by atoms with Gasteiger partial charge >= 0.3 is 0 Å². The Hall–Kier alpha value is -0.870. The Balaban J connectivity index is 1.83. The fraction of sp³-hybridized carbons (Fsp3) is 0.462. The van der Waals surface area contributed by atoms with Crippen LogP contribution in [0.3, 0.4) is 0 Å². The monoisotopic (exact) mass is 297 g/mol. The van der Waals surface area contributed by atoms with Gasteiger partial charge in [0.2, 0.25) is 5.91 Å².